The van der Waals surface area contributed by atoms with E-state index in [9.17, 15) is 4.79 Å². The van der Waals surface area contributed by atoms with Gasteiger partial charge in [-0.05, 0) is 37.4 Å². The van der Waals surface area contributed by atoms with Crippen molar-refractivity contribution in [2.75, 3.05) is 12.9 Å². The zero-order chi connectivity index (χ0) is 18.8. The third-order valence-corrected chi connectivity index (χ3v) is 5.54. The van der Waals surface area contributed by atoms with Crippen molar-refractivity contribution in [2.24, 2.45) is 0 Å². The zero-order valence-corrected chi connectivity index (χ0v) is 16.1. The average molecular weight is 379 g/mol. The van der Waals surface area contributed by atoms with E-state index in [1.165, 1.54) is 0 Å². The molecule has 1 aliphatic rings. The van der Waals surface area contributed by atoms with Crippen LogP contribution in [0.5, 0.6) is 5.75 Å². The van der Waals surface area contributed by atoms with Crippen LogP contribution in [0.4, 0.5) is 0 Å². The van der Waals surface area contributed by atoms with E-state index in [-0.39, 0.29) is 17.9 Å². The molecule has 1 amide bonds. The van der Waals surface area contributed by atoms with Crippen molar-refractivity contribution in [2.45, 2.75) is 24.0 Å². The van der Waals surface area contributed by atoms with Gasteiger partial charge in [0.15, 0.2) is 5.16 Å². The Balaban J connectivity index is 1.51. The number of hydrogen-bond acceptors (Lipinski definition) is 4. The van der Waals surface area contributed by atoms with E-state index in [1.54, 1.807) is 18.0 Å². The maximum Gasteiger partial charge on any atom is 0.251 e. The van der Waals surface area contributed by atoms with Crippen molar-refractivity contribution >= 4 is 17.7 Å². The summed E-state index contributed by atoms with van der Waals surface area (Å²) in [6.07, 6.45) is 5.65. The first-order valence-electron chi connectivity index (χ1n) is 8.87. The molecule has 0 fully saturated rings. The Morgan fingerprint density at radius 3 is 3.00 bits per heavy atom. The van der Waals surface area contributed by atoms with Gasteiger partial charge in [0.25, 0.3) is 5.91 Å². The molecule has 1 aromatic heterocycles. The van der Waals surface area contributed by atoms with E-state index in [0.29, 0.717) is 12.2 Å². The predicted octanol–water partition coefficient (Wildman–Crippen LogP) is 3.89. The highest BCUT2D eigenvalue weighted by atomic mass is 32.2. The molecule has 2 aromatic carbocycles. The van der Waals surface area contributed by atoms with Crippen LogP contribution in [0.3, 0.4) is 0 Å². The van der Waals surface area contributed by atoms with Crippen LogP contribution in [0.15, 0.2) is 66.1 Å². The van der Waals surface area contributed by atoms with Crippen LogP contribution in [-0.2, 0) is 0 Å². The fourth-order valence-corrected chi connectivity index (χ4v) is 3.96. The van der Waals surface area contributed by atoms with Gasteiger partial charge in [-0.2, -0.15) is 0 Å². The normalized spacial score (nSPS) is 16.4. The molecule has 0 spiro atoms. The Kier molecular flexibility index (Phi) is 4.90. The van der Waals surface area contributed by atoms with Crippen LogP contribution < -0.4 is 10.1 Å². The highest BCUT2D eigenvalue weighted by molar-refractivity contribution is 7.98. The lowest BCUT2D eigenvalue weighted by Gasteiger charge is -2.20. The first-order chi connectivity index (χ1) is 13.2. The second-order valence-electron chi connectivity index (χ2n) is 6.55. The number of rotatable bonds is 5. The number of nitrogens with zero attached hydrogens (tertiary/aromatic N) is 2. The Labute approximate surface area is 162 Å². The molecule has 0 saturated heterocycles. The minimum Gasteiger partial charge on any atom is -0.493 e. The van der Waals surface area contributed by atoms with Crippen LogP contribution in [0.25, 0.3) is 5.69 Å². The summed E-state index contributed by atoms with van der Waals surface area (Å²) in [5.74, 6) is 0.986. The number of carbonyl (C=O) groups is 1. The molecule has 6 heteroatoms. The van der Waals surface area contributed by atoms with Crippen molar-refractivity contribution in [1.82, 2.24) is 14.9 Å². The quantitative estimate of drug-likeness (QED) is 0.684. The van der Waals surface area contributed by atoms with Gasteiger partial charge in [-0.15, -0.1) is 0 Å². The number of thioether (sulfide) groups is 1. The summed E-state index contributed by atoms with van der Waals surface area (Å²) in [4.78, 5) is 17.1. The number of para-hydroxylation sites is 1. The number of benzene rings is 2. The number of amides is 1. The molecular formula is C21H21N3O2S. The van der Waals surface area contributed by atoms with Gasteiger partial charge in [0.05, 0.1) is 6.61 Å². The summed E-state index contributed by atoms with van der Waals surface area (Å²) in [7, 11) is 0. The largest absolute Gasteiger partial charge is 0.493 e. The lowest BCUT2D eigenvalue weighted by Crippen LogP contribution is -2.37. The van der Waals surface area contributed by atoms with Crippen LogP contribution in [-0.4, -0.2) is 34.4 Å². The number of imidazole rings is 1. The van der Waals surface area contributed by atoms with Gasteiger partial charge < -0.3 is 10.1 Å². The lowest BCUT2D eigenvalue weighted by molar-refractivity contribution is 0.0932. The number of nitrogens with one attached hydrogen (secondary N) is 1. The van der Waals surface area contributed by atoms with Crippen LogP contribution >= 0.6 is 11.8 Å². The van der Waals surface area contributed by atoms with Crippen molar-refractivity contribution in [1.29, 1.82) is 0 Å². The minimum atomic E-state index is -0.0838. The molecule has 0 aliphatic carbocycles. The van der Waals surface area contributed by atoms with Crippen LogP contribution in [0, 0.1) is 0 Å². The van der Waals surface area contributed by atoms with Crippen LogP contribution in [0.2, 0.25) is 0 Å². The van der Waals surface area contributed by atoms with E-state index < -0.39 is 0 Å². The standard InChI is InChI=1S/C21H21N3O2S/c1-14(18-13-26-19-9-4-3-8-17(18)19)23-20(25)15-6-5-7-16(12-15)24-11-10-22-21(24)27-2/h3-12,14,18H,13H2,1-2H3,(H,23,25)/t14-,18-/m0/s1. The highest BCUT2D eigenvalue weighted by Gasteiger charge is 2.29. The SMILES string of the molecule is CSc1nccn1-c1cccc(C(=O)N[C@@H](C)[C@@H]2COc3ccccc32)c1. The van der Waals surface area contributed by atoms with Gasteiger partial charge in [-0.3, -0.25) is 9.36 Å². The number of fused-ring (bicyclic) bond motifs is 1. The molecule has 5 nitrogen and oxygen atoms in total. The predicted molar refractivity (Wildman–Crippen MR) is 107 cm³/mol. The van der Waals surface area contributed by atoms with E-state index in [2.05, 4.69) is 16.4 Å². The van der Waals surface area contributed by atoms with E-state index in [1.807, 2.05) is 66.4 Å². The van der Waals surface area contributed by atoms with Gasteiger partial charge in [0, 0.05) is 41.2 Å². The van der Waals surface area contributed by atoms with Gasteiger partial charge in [0.2, 0.25) is 0 Å². The molecule has 0 unspecified atom stereocenters. The summed E-state index contributed by atoms with van der Waals surface area (Å²) in [6, 6.07) is 15.6. The molecule has 0 radical (unpaired) electrons. The molecule has 2 heterocycles. The van der Waals surface area contributed by atoms with Gasteiger partial charge >= 0.3 is 0 Å². The third kappa shape index (κ3) is 3.45. The highest BCUT2D eigenvalue weighted by Crippen LogP contribution is 2.35. The lowest BCUT2D eigenvalue weighted by atomic mass is 9.94. The summed E-state index contributed by atoms with van der Waals surface area (Å²) < 4.78 is 7.73. The first-order valence-corrected chi connectivity index (χ1v) is 10.1. The topological polar surface area (TPSA) is 56.2 Å². The second kappa shape index (κ2) is 7.48. The van der Waals surface area contributed by atoms with Gasteiger partial charge in [0.1, 0.15) is 5.75 Å². The maximum atomic E-state index is 12.8. The summed E-state index contributed by atoms with van der Waals surface area (Å²) in [5.41, 5.74) is 2.71. The Hall–Kier alpha value is -2.73. The molecule has 1 aliphatic heterocycles. The number of ether oxygens (including phenoxy) is 1. The molecule has 3 aromatic rings. The van der Waals surface area contributed by atoms with Crippen molar-refractivity contribution in [3.8, 4) is 11.4 Å². The number of carbonyl (C=O) groups excluding carboxylic acids is 1. The smallest absolute Gasteiger partial charge is 0.251 e. The molecule has 27 heavy (non-hydrogen) atoms. The fourth-order valence-electron chi connectivity index (χ4n) is 3.43. The third-order valence-electron chi connectivity index (χ3n) is 4.88. The number of aromatic nitrogens is 2. The van der Waals surface area contributed by atoms with Crippen molar-refractivity contribution < 1.29 is 9.53 Å². The van der Waals surface area contributed by atoms with Crippen molar-refractivity contribution in [3.05, 3.63) is 72.1 Å². The van der Waals surface area contributed by atoms with Crippen LogP contribution in [0.1, 0.15) is 28.8 Å². The molecule has 2 atom stereocenters. The van der Waals surface area contributed by atoms with E-state index in [0.717, 1.165) is 22.2 Å². The van der Waals surface area contributed by atoms with E-state index in [4.69, 9.17) is 4.74 Å². The Morgan fingerprint density at radius 1 is 1.30 bits per heavy atom. The summed E-state index contributed by atoms with van der Waals surface area (Å²) in [6.45, 7) is 2.62. The maximum absolute atomic E-state index is 12.8. The van der Waals surface area contributed by atoms with Gasteiger partial charge in [-0.1, -0.05) is 36.0 Å². The monoisotopic (exact) mass is 379 g/mol. The minimum absolute atomic E-state index is 0.0280. The molecule has 1 N–H and O–H groups in total. The van der Waals surface area contributed by atoms with Gasteiger partial charge in [-0.25, -0.2) is 4.98 Å². The zero-order valence-electron chi connectivity index (χ0n) is 15.3. The fraction of sp³-hybridized carbons (Fsp3) is 0.238. The second-order valence-corrected chi connectivity index (χ2v) is 7.33. The average Bonchev–Trinajstić information content (AvgIpc) is 3.34. The molecule has 0 bridgehead atoms. The van der Waals surface area contributed by atoms with Crippen molar-refractivity contribution in [3.63, 3.8) is 0 Å². The molecule has 4 rings (SSSR count). The molecule has 0 saturated carbocycles. The summed E-state index contributed by atoms with van der Waals surface area (Å²) in [5, 5.41) is 4.02. The van der Waals surface area contributed by atoms with E-state index >= 15 is 0 Å². The molecular weight excluding hydrogens is 358 g/mol. The summed E-state index contributed by atoms with van der Waals surface area (Å²) >= 11 is 1.57. The molecule has 138 valence electrons. The number of hydrogen-bond donors (Lipinski definition) is 1. The Bertz CT molecular complexity index is 969. The Morgan fingerprint density at radius 2 is 2.15 bits per heavy atom. The first kappa shape index (κ1) is 17.7.